The molecule has 6 nitrogen and oxygen atoms in total. The van der Waals surface area contributed by atoms with Crippen molar-refractivity contribution in [3.8, 4) is 0 Å². The molecule has 0 heterocycles. The maximum Gasteiger partial charge on any atom is 0.259 e. The van der Waals surface area contributed by atoms with E-state index in [1.54, 1.807) is 13.8 Å². The first-order chi connectivity index (χ1) is 11.6. The van der Waals surface area contributed by atoms with Gasteiger partial charge in [-0.25, -0.2) is 8.42 Å². The van der Waals surface area contributed by atoms with Gasteiger partial charge >= 0.3 is 0 Å². The standard InChI is InChI=1S/C18H30N2O4S/c1-12(2)7-5-6-8-14-11-18(14,19-16(21)13(3)4)17(22)20-25(23,24)15-9-10-15/h6,8,12-15H,5,7,9-11H2,1-4H3,(H,19,21)(H,20,22). The van der Waals surface area contributed by atoms with Gasteiger partial charge < -0.3 is 5.32 Å². The largest absolute Gasteiger partial charge is 0.341 e. The molecule has 2 amide bonds. The molecule has 2 saturated carbocycles. The Balaban J connectivity index is 2.06. The Morgan fingerprint density at radius 3 is 2.36 bits per heavy atom. The molecule has 0 saturated heterocycles. The third kappa shape index (κ3) is 5.06. The Hall–Kier alpha value is -1.37. The van der Waals surface area contributed by atoms with Gasteiger partial charge in [-0.1, -0.05) is 39.8 Å². The van der Waals surface area contributed by atoms with Gasteiger partial charge in [0.2, 0.25) is 15.9 Å². The van der Waals surface area contributed by atoms with E-state index in [2.05, 4.69) is 23.9 Å². The van der Waals surface area contributed by atoms with E-state index in [0.717, 1.165) is 12.8 Å². The zero-order valence-electron chi connectivity index (χ0n) is 15.5. The molecule has 2 atom stereocenters. The minimum atomic E-state index is -3.62. The Labute approximate surface area is 150 Å². The van der Waals surface area contributed by atoms with Crippen molar-refractivity contribution in [2.24, 2.45) is 17.8 Å². The van der Waals surface area contributed by atoms with E-state index in [4.69, 9.17) is 0 Å². The van der Waals surface area contributed by atoms with Crippen molar-refractivity contribution < 1.29 is 18.0 Å². The smallest absolute Gasteiger partial charge is 0.259 e. The molecule has 0 bridgehead atoms. The van der Waals surface area contributed by atoms with Crippen LogP contribution in [0.2, 0.25) is 0 Å². The zero-order valence-corrected chi connectivity index (χ0v) is 16.4. The van der Waals surface area contributed by atoms with E-state index in [-0.39, 0.29) is 17.7 Å². The molecular weight excluding hydrogens is 340 g/mol. The van der Waals surface area contributed by atoms with E-state index in [9.17, 15) is 18.0 Å². The summed E-state index contributed by atoms with van der Waals surface area (Å²) in [5, 5.41) is 2.32. The lowest BCUT2D eigenvalue weighted by Gasteiger charge is -2.20. The topological polar surface area (TPSA) is 92.3 Å². The van der Waals surface area contributed by atoms with E-state index in [1.165, 1.54) is 0 Å². The highest BCUT2D eigenvalue weighted by Crippen LogP contribution is 2.45. The Morgan fingerprint density at radius 2 is 1.84 bits per heavy atom. The number of carbonyl (C=O) groups excluding carboxylic acids is 2. The second-order valence-electron chi connectivity index (χ2n) is 8.00. The van der Waals surface area contributed by atoms with E-state index >= 15 is 0 Å². The highest BCUT2D eigenvalue weighted by molar-refractivity contribution is 7.90. The van der Waals surface area contributed by atoms with Gasteiger partial charge in [0, 0.05) is 11.8 Å². The summed E-state index contributed by atoms with van der Waals surface area (Å²) < 4.78 is 26.3. The molecule has 2 N–H and O–H groups in total. The first-order valence-electron chi connectivity index (χ1n) is 9.13. The number of amides is 2. The van der Waals surface area contributed by atoms with E-state index in [0.29, 0.717) is 25.2 Å². The van der Waals surface area contributed by atoms with Crippen LogP contribution in [0.5, 0.6) is 0 Å². The summed E-state index contributed by atoms with van der Waals surface area (Å²) in [5.41, 5.74) is -1.13. The second-order valence-corrected chi connectivity index (χ2v) is 9.96. The lowest BCUT2D eigenvalue weighted by atomic mass is 10.1. The first-order valence-corrected chi connectivity index (χ1v) is 10.7. The van der Waals surface area contributed by atoms with Crippen LogP contribution in [-0.2, 0) is 19.6 Å². The summed E-state index contributed by atoms with van der Waals surface area (Å²) in [5.74, 6) is -0.669. The molecule has 0 aromatic carbocycles. The average Bonchev–Trinajstić information content (AvgIpc) is 3.37. The number of rotatable bonds is 9. The molecule has 2 aliphatic rings. The van der Waals surface area contributed by atoms with Gasteiger partial charge in [0.25, 0.3) is 5.91 Å². The summed E-state index contributed by atoms with van der Waals surface area (Å²) in [6.07, 6.45) is 7.54. The van der Waals surface area contributed by atoms with Gasteiger partial charge in [-0.05, 0) is 38.0 Å². The lowest BCUT2D eigenvalue weighted by molar-refractivity contribution is -0.130. The molecule has 0 radical (unpaired) electrons. The first kappa shape index (κ1) is 19.9. The highest BCUT2D eigenvalue weighted by Gasteiger charge is 2.61. The summed E-state index contributed by atoms with van der Waals surface area (Å²) in [4.78, 5) is 24.8. The van der Waals surface area contributed by atoms with Gasteiger partial charge in [-0.3, -0.25) is 14.3 Å². The number of allylic oxidation sites excluding steroid dienone is 1. The number of hydrogen-bond acceptors (Lipinski definition) is 4. The van der Waals surface area contributed by atoms with Crippen molar-refractivity contribution >= 4 is 21.8 Å². The van der Waals surface area contributed by atoms with Gasteiger partial charge in [0.05, 0.1) is 5.25 Å². The zero-order chi connectivity index (χ0) is 18.8. The highest BCUT2D eigenvalue weighted by atomic mass is 32.2. The monoisotopic (exact) mass is 370 g/mol. The number of nitrogens with one attached hydrogen (secondary N) is 2. The van der Waals surface area contributed by atoms with Crippen molar-refractivity contribution in [2.75, 3.05) is 0 Å². The van der Waals surface area contributed by atoms with Crippen LogP contribution < -0.4 is 10.0 Å². The van der Waals surface area contributed by atoms with E-state index < -0.39 is 26.7 Å². The molecule has 2 unspecified atom stereocenters. The number of sulfonamides is 1. The molecule has 2 fully saturated rings. The van der Waals surface area contributed by atoms with Crippen LogP contribution in [0.4, 0.5) is 0 Å². The minimum absolute atomic E-state index is 0.156. The van der Waals surface area contributed by atoms with Crippen LogP contribution in [0.25, 0.3) is 0 Å². The fourth-order valence-electron chi connectivity index (χ4n) is 2.72. The van der Waals surface area contributed by atoms with Crippen LogP contribution in [0.1, 0.15) is 59.8 Å². The predicted molar refractivity (Wildman–Crippen MR) is 97.1 cm³/mol. The fourth-order valence-corrected chi connectivity index (χ4v) is 4.08. The van der Waals surface area contributed by atoms with Gasteiger partial charge in [0.1, 0.15) is 5.54 Å². The quantitative estimate of drug-likeness (QED) is 0.608. The van der Waals surface area contributed by atoms with Gasteiger partial charge in [0.15, 0.2) is 0 Å². The van der Waals surface area contributed by atoms with Gasteiger partial charge in [-0.15, -0.1) is 0 Å². The van der Waals surface area contributed by atoms with Crippen molar-refractivity contribution in [2.45, 2.75) is 70.6 Å². The average molecular weight is 371 g/mol. The second kappa shape index (κ2) is 7.48. The molecule has 7 heteroatoms. The predicted octanol–water partition coefficient (Wildman–Crippen LogP) is 2.12. The van der Waals surface area contributed by atoms with Crippen LogP contribution in [0.3, 0.4) is 0 Å². The van der Waals surface area contributed by atoms with Crippen molar-refractivity contribution in [1.82, 2.24) is 10.0 Å². The summed E-state index contributed by atoms with van der Waals surface area (Å²) in [7, 11) is -3.62. The molecule has 25 heavy (non-hydrogen) atoms. The SMILES string of the molecule is CC(C)CCC=CC1CC1(NC(=O)C(C)C)C(=O)NS(=O)(=O)C1CC1. The molecule has 0 aromatic rings. The maximum absolute atomic E-state index is 12.6. The van der Waals surface area contributed by atoms with Crippen molar-refractivity contribution in [1.29, 1.82) is 0 Å². The van der Waals surface area contributed by atoms with Crippen LogP contribution in [0.15, 0.2) is 12.2 Å². The molecule has 2 rings (SSSR count). The number of hydrogen-bond donors (Lipinski definition) is 2. The Kier molecular flexibility index (Phi) is 5.97. The number of carbonyl (C=O) groups is 2. The Morgan fingerprint density at radius 1 is 1.20 bits per heavy atom. The summed E-state index contributed by atoms with van der Waals surface area (Å²) >= 11 is 0. The maximum atomic E-state index is 12.6. The van der Waals surface area contributed by atoms with Crippen LogP contribution >= 0.6 is 0 Å². The molecule has 0 spiro atoms. The lowest BCUT2D eigenvalue weighted by Crippen LogP contribution is -2.53. The van der Waals surface area contributed by atoms with Crippen LogP contribution in [0, 0.1) is 17.8 Å². The van der Waals surface area contributed by atoms with Crippen molar-refractivity contribution in [3.05, 3.63) is 12.2 Å². The molecule has 0 aliphatic heterocycles. The fraction of sp³-hybridized carbons (Fsp3) is 0.778. The molecule has 142 valence electrons. The molecule has 0 aromatic heterocycles. The van der Waals surface area contributed by atoms with Crippen LogP contribution in [-0.4, -0.2) is 31.0 Å². The molecule has 2 aliphatic carbocycles. The summed E-state index contributed by atoms with van der Waals surface area (Å²) in [6.45, 7) is 7.79. The summed E-state index contributed by atoms with van der Waals surface area (Å²) in [6, 6.07) is 0. The third-order valence-corrected chi connectivity index (χ3v) is 6.59. The van der Waals surface area contributed by atoms with Gasteiger partial charge in [-0.2, -0.15) is 0 Å². The minimum Gasteiger partial charge on any atom is -0.341 e. The van der Waals surface area contributed by atoms with E-state index in [1.807, 2.05) is 12.2 Å². The Bertz CT molecular complexity index is 650. The third-order valence-electron chi connectivity index (χ3n) is 4.77. The molecular formula is C18H30N2O4S. The normalized spacial score (nSPS) is 26.2. The van der Waals surface area contributed by atoms with Crippen molar-refractivity contribution in [3.63, 3.8) is 0 Å².